The van der Waals surface area contributed by atoms with Gasteiger partial charge in [0.25, 0.3) is 5.91 Å². The number of amides is 2. The summed E-state index contributed by atoms with van der Waals surface area (Å²) in [5.41, 5.74) is -1.02. The molecule has 0 radical (unpaired) electrons. The molecule has 0 fully saturated rings. The van der Waals surface area contributed by atoms with Crippen LogP contribution >= 0.6 is 0 Å². The van der Waals surface area contributed by atoms with Gasteiger partial charge < -0.3 is 15.4 Å². The largest absolute Gasteiger partial charge is 0.483 e. The van der Waals surface area contributed by atoms with Gasteiger partial charge in [-0.3, -0.25) is 9.59 Å². The zero-order chi connectivity index (χ0) is 19.3. The molecule has 0 saturated carbocycles. The first-order valence-corrected chi connectivity index (χ1v) is 7.33. The summed E-state index contributed by atoms with van der Waals surface area (Å²) in [5, 5.41) is 4.60. The van der Waals surface area contributed by atoms with Gasteiger partial charge in [0.2, 0.25) is 5.91 Å². The number of hydrogen-bond donors (Lipinski definition) is 2. The highest BCUT2D eigenvalue weighted by atomic mass is 19.4. The van der Waals surface area contributed by atoms with Crippen LogP contribution < -0.4 is 15.4 Å². The summed E-state index contributed by atoms with van der Waals surface area (Å²) in [5.74, 6) is -2.53. The fourth-order valence-corrected chi connectivity index (χ4v) is 2.06. The van der Waals surface area contributed by atoms with Crippen molar-refractivity contribution in [3.8, 4) is 5.75 Å². The number of hydrogen-bond acceptors (Lipinski definition) is 3. The van der Waals surface area contributed by atoms with Crippen molar-refractivity contribution in [3.05, 3.63) is 53.8 Å². The second-order valence-electron chi connectivity index (χ2n) is 5.21. The third-order valence-electron chi connectivity index (χ3n) is 3.11. The van der Waals surface area contributed by atoms with Crippen LogP contribution in [0.4, 0.5) is 28.9 Å². The summed E-state index contributed by atoms with van der Waals surface area (Å²) in [6, 6.07) is 7.93. The number of alkyl halides is 3. The van der Waals surface area contributed by atoms with E-state index in [1.807, 2.05) is 0 Å². The van der Waals surface area contributed by atoms with Crippen LogP contribution in [-0.4, -0.2) is 18.4 Å². The minimum Gasteiger partial charge on any atom is -0.483 e. The third kappa shape index (κ3) is 5.20. The van der Waals surface area contributed by atoms with Crippen LogP contribution in [0.2, 0.25) is 0 Å². The summed E-state index contributed by atoms with van der Waals surface area (Å²) in [4.78, 5) is 22.9. The fraction of sp³-hybridized carbons (Fsp3) is 0.176. The molecular formula is C17H14F4N2O3. The van der Waals surface area contributed by atoms with Crippen LogP contribution in [0, 0.1) is 5.82 Å². The minimum absolute atomic E-state index is 0.242. The molecule has 0 bridgehead atoms. The number of para-hydroxylation sites is 1. The van der Waals surface area contributed by atoms with Crippen molar-refractivity contribution >= 4 is 23.2 Å². The van der Waals surface area contributed by atoms with E-state index in [-0.39, 0.29) is 17.3 Å². The predicted octanol–water partition coefficient (Wildman–Crippen LogP) is 3.82. The molecule has 2 aromatic carbocycles. The maximum atomic E-state index is 13.7. The quantitative estimate of drug-likeness (QED) is 0.787. The summed E-state index contributed by atoms with van der Waals surface area (Å²) in [6.07, 6.45) is -4.63. The summed E-state index contributed by atoms with van der Waals surface area (Å²) < 4.78 is 57.2. The Morgan fingerprint density at radius 1 is 1.08 bits per heavy atom. The lowest BCUT2D eigenvalue weighted by Gasteiger charge is -2.14. The molecular weight excluding hydrogens is 356 g/mol. The van der Waals surface area contributed by atoms with Crippen LogP contribution in [-0.2, 0) is 15.8 Å². The van der Waals surface area contributed by atoms with E-state index >= 15 is 0 Å². The molecule has 0 aliphatic heterocycles. The van der Waals surface area contributed by atoms with Crippen LogP contribution in [0.15, 0.2) is 42.5 Å². The number of nitrogens with one attached hydrogen (secondary N) is 2. The van der Waals surface area contributed by atoms with E-state index in [4.69, 9.17) is 4.74 Å². The molecule has 2 rings (SSSR count). The van der Waals surface area contributed by atoms with Gasteiger partial charge in [-0.2, -0.15) is 13.2 Å². The van der Waals surface area contributed by atoms with Crippen LogP contribution in [0.5, 0.6) is 5.75 Å². The van der Waals surface area contributed by atoms with Gasteiger partial charge >= 0.3 is 6.18 Å². The topological polar surface area (TPSA) is 67.4 Å². The Labute approximate surface area is 146 Å². The molecule has 2 N–H and O–H groups in total. The first-order chi connectivity index (χ1) is 12.2. The lowest BCUT2D eigenvalue weighted by atomic mass is 10.2. The molecule has 0 aromatic heterocycles. The number of carbonyl (C=O) groups is 2. The fourth-order valence-electron chi connectivity index (χ4n) is 2.06. The zero-order valence-corrected chi connectivity index (χ0v) is 13.5. The molecule has 0 unspecified atom stereocenters. The third-order valence-corrected chi connectivity index (χ3v) is 3.11. The second-order valence-corrected chi connectivity index (χ2v) is 5.21. The summed E-state index contributed by atoms with van der Waals surface area (Å²) in [7, 11) is 0. The summed E-state index contributed by atoms with van der Waals surface area (Å²) >= 11 is 0. The van der Waals surface area contributed by atoms with Gasteiger partial charge in [-0.25, -0.2) is 4.39 Å². The van der Waals surface area contributed by atoms with Gasteiger partial charge in [-0.15, -0.1) is 0 Å². The Kier molecular flexibility index (Phi) is 5.81. The number of ether oxygens (including phenoxy) is 1. The molecule has 9 heteroatoms. The van der Waals surface area contributed by atoms with Gasteiger partial charge in [-0.05, 0) is 30.3 Å². The highest BCUT2D eigenvalue weighted by Crippen LogP contribution is 2.35. The van der Waals surface area contributed by atoms with Crippen molar-refractivity contribution in [2.45, 2.75) is 13.1 Å². The van der Waals surface area contributed by atoms with Gasteiger partial charge in [0.1, 0.15) is 11.6 Å². The molecule has 0 saturated heterocycles. The normalized spacial score (nSPS) is 11.0. The van der Waals surface area contributed by atoms with Crippen molar-refractivity contribution in [1.82, 2.24) is 0 Å². The Bertz CT molecular complexity index is 822. The number of benzene rings is 2. The van der Waals surface area contributed by atoms with Crippen LogP contribution in [0.3, 0.4) is 0 Å². The molecule has 138 valence electrons. The van der Waals surface area contributed by atoms with Crippen molar-refractivity contribution in [2.75, 3.05) is 17.2 Å². The van der Waals surface area contributed by atoms with Crippen LogP contribution in [0.25, 0.3) is 0 Å². The van der Waals surface area contributed by atoms with E-state index in [9.17, 15) is 27.2 Å². The van der Waals surface area contributed by atoms with E-state index in [0.29, 0.717) is 0 Å². The lowest BCUT2D eigenvalue weighted by molar-refractivity contribution is -0.139. The Morgan fingerprint density at radius 2 is 1.77 bits per heavy atom. The van der Waals surface area contributed by atoms with E-state index in [1.165, 1.54) is 31.2 Å². The second kappa shape index (κ2) is 7.85. The predicted molar refractivity (Wildman–Crippen MR) is 86.3 cm³/mol. The first-order valence-electron chi connectivity index (χ1n) is 7.33. The van der Waals surface area contributed by atoms with E-state index in [2.05, 4.69) is 10.6 Å². The van der Waals surface area contributed by atoms with E-state index < -0.39 is 35.8 Å². The Hall–Kier alpha value is -3.10. The molecule has 26 heavy (non-hydrogen) atoms. The van der Waals surface area contributed by atoms with Gasteiger partial charge in [0.05, 0.1) is 11.3 Å². The molecule has 0 heterocycles. The molecule has 5 nitrogen and oxygen atoms in total. The number of rotatable bonds is 5. The average molecular weight is 370 g/mol. The van der Waals surface area contributed by atoms with Gasteiger partial charge in [0.15, 0.2) is 6.61 Å². The van der Waals surface area contributed by atoms with Gasteiger partial charge in [-0.1, -0.05) is 12.1 Å². The van der Waals surface area contributed by atoms with Crippen molar-refractivity contribution in [1.29, 1.82) is 0 Å². The van der Waals surface area contributed by atoms with E-state index in [0.717, 1.165) is 18.2 Å². The number of anilines is 2. The number of carbonyl (C=O) groups excluding carboxylic acids is 2. The molecule has 2 amide bonds. The average Bonchev–Trinajstić information content (AvgIpc) is 2.55. The standard InChI is InChI=1S/C17H14F4N2O3/c1-10(24)22-11-6-7-13(18)14(8-11)23-16(25)9-26-15-5-3-2-4-12(15)17(19,20)21/h2-8H,9H2,1H3,(H,22,24)(H,23,25). The zero-order valence-electron chi connectivity index (χ0n) is 13.5. The van der Waals surface area contributed by atoms with E-state index in [1.54, 1.807) is 0 Å². The Morgan fingerprint density at radius 3 is 2.42 bits per heavy atom. The highest BCUT2D eigenvalue weighted by molar-refractivity contribution is 5.94. The SMILES string of the molecule is CC(=O)Nc1ccc(F)c(NC(=O)COc2ccccc2C(F)(F)F)c1. The van der Waals surface area contributed by atoms with Crippen molar-refractivity contribution < 1.29 is 31.9 Å². The van der Waals surface area contributed by atoms with Crippen LogP contribution in [0.1, 0.15) is 12.5 Å². The minimum atomic E-state index is -4.63. The van der Waals surface area contributed by atoms with Gasteiger partial charge in [0, 0.05) is 12.6 Å². The maximum absolute atomic E-state index is 13.7. The maximum Gasteiger partial charge on any atom is 0.419 e. The molecule has 0 aliphatic rings. The molecule has 0 atom stereocenters. The molecule has 0 aliphatic carbocycles. The lowest BCUT2D eigenvalue weighted by Crippen LogP contribution is -2.22. The Balaban J connectivity index is 2.05. The smallest absolute Gasteiger partial charge is 0.419 e. The van der Waals surface area contributed by atoms with Crippen molar-refractivity contribution in [2.24, 2.45) is 0 Å². The summed E-state index contributed by atoms with van der Waals surface area (Å²) in [6.45, 7) is 0.504. The first kappa shape index (κ1) is 19.2. The molecule has 2 aromatic rings. The van der Waals surface area contributed by atoms with Crippen molar-refractivity contribution in [3.63, 3.8) is 0 Å². The monoisotopic (exact) mass is 370 g/mol. The molecule has 0 spiro atoms. The highest BCUT2D eigenvalue weighted by Gasteiger charge is 2.34. The number of halogens is 4.